The highest BCUT2D eigenvalue weighted by atomic mass is 79.9. The Balaban J connectivity index is 1.96. The van der Waals surface area contributed by atoms with E-state index >= 15 is 0 Å². The molecular formula is C16H20BrN3O. The van der Waals surface area contributed by atoms with Gasteiger partial charge in [0.1, 0.15) is 0 Å². The van der Waals surface area contributed by atoms with Crippen LogP contribution in [0.3, 0.4) is 0 Å². The monoisotopic (exact) mass is 349 g/mol. The maximum absolute atomic E-state index is 12.3. The highest BCUT2D eigenvalue weighted by Crippen LogP contribution is 2.17. The van der Waals surface area contributed by atoms with Crippen LogP contribution in [0.4, 0.5) is 0 Å². The van der Waals surface area contributed by atoms with Gasteiger partial charge in [-0.15, -0.1) is 0 Å². The molecule has 0 aliphatic heterocycles. The summed E-state index contributed by atoms with van der Waals surface area (Å²) in [6, 6.07) is 10.1. The number of rotatable bonds is 6. The Morgan fingerprint density at radius 2 is 2.10 bits per heavy atom. The van der Waals surface area contributed by atoms with Gasteiger partial charge < -0.3 is 5.32 Å². The lowest BCUT2D eigenvalue weighted by Gasteiger charge is -2.20. The number of carbonyl (C=O) groups is 1. The fourth-order valence-corrected chi connectivity index (χ4v) is 2.55. The summed E-state index contributed by atoms with van der Waals surface area (Å²) < 4.78 is 2.70. The molecule has 1 aromatic heterocycles. The van der Waals surface area contributed by atoms with Crippen LogP contribution in [-0.4, -0.2) is 15.7 Å². The van der Waals surface area contributed by atoms with E-state index < -0.39 is 0 Å². The SMILES string of the molecule is CCC(NC(=O)C(C)Cn1cc(Br)cn1)c1ccccc1. The van der Waals surface area contributed by atoms with Crippen LogP contribution in [0.5, 0.6) is 0 Å². The van der Waals surface area contributed by atoms with E-state index in [0.29, 0.717) is 6.54 Å². The van der Waals surface area contributed by atoms with Crippen molar-refractivity contribution in [3.05, 3.63) is 52.8 Å². The van der Waals surface area contributed by atoms with Gasteiger partial charge in [-0.05, 0) is 27.9 Å². The maximum Gasteiger partial charge on any atom is 0.225 e. The molecule has 0 fully saturated rings. The molecule has 2 atom stereocenters. The van der Waals surface area contributed by atoms with Crippen LogP contribution in [0.15, 0.2) is 47.2 Å². The van der Waals surface area contributed by atoms with Crippen molar-refractivity contribution in [3.63, 3.8) is 0 Å². The van der Waals surface area contributed by atoms with Gasteiger partial charge in [0.2, 0.25) is 5.91 Å². The molecule has 0 saturated carbocycles. The third-order valence-corrected chi connectivity index (χ3v) is 3.85. The zero-order valence-corrected chi connectivity index (χ0v) is 13.9. The van der Waals surface area contributed by atoms with Gasteiger partial charge in [-0.25, -0.2) is 0 Å². The second-order valence-corrected chi connectivity index (χ2v) is 6.08. The van der Waals surface area contributed by atoms with Gasteiger partial charge >= 0.3 is 0 Å². The predicted molar refractivity (Wildman–Crippen MR) is 86.7 cm³/mol. The van der Waals surface area contributed by atoms with Crippen molar-refractivity contribution < 1.29 is 4.79 Å². The quantitative estimate of drug-likeness (QED) is 0.866. The smallest absolute Gasteiger partial charge is 0.225 e. The Hall–Kier alpha value is -1.62. The number of carbonyl (C=O) groups excluding carboxylic acids is 1. The van der Waals surface area contributed by atoms with Gasteiger partial charge in [-0.2, -0.15) is 5.10 Å². The van der Waals surface area contributed by atoms with E-state index in [4.69, 9.17) is 0 Å². The fourth-order valence-electron chi connectivity index (χ4n) is 2.22. The summed E-state index contributed by atoms with van der Waals surface area (Å²) in [5, 5.41) is 7.30. The molecule has 5 heteroatoms. The molecule has 2 rings (SSSR count). The van der Waals surface area contributed by atoms with E-state index in [2.05, 4.69) is 33.3 Å². The zero-order valence-electron chi connectivity index (χ0n) is 12.3. The number of halogens is 1. The van der Waals surface area contributed by atoms with Crippen LogP contribution < -0.4 is 5.32 Å². The number of hydrogen-bond acceptors (Lipinski definition) is 2. The van der Waals surface area contributed by atoms with Gasteiger partial charge in [0.15, 0.2) is 0 Å². The minimum atomic E-state index is -0.130. The number of benzene rings is 1. The molecule has 0 aliphatic carbocycles. The van der Waals surface area contributed by atoms with Crippen LogP contribution >= 0.6 is 15.9 Å². The van der Waals surface area contributed by atoms with Gasteiger partial charge in [-0.3, -0.25) is 9.48 Å². The fraction of sp³-hybridized carbons (Fsp3) is 0.375. The molecule has 0 radical (unpaired) electrons. The number of nitrogens with zero attached hydrogens (tertiary/aromatic N) is 2. The lowest BCUT2D eigenvalue weighted by molar-refractivity contribution is -0.125. The standard InChI is InChI=1S/C16H20BrN3O/c1-3-15(13-7-5-4-6-8-13)19-16(21)12(2)10-20-11-14(17)9-18-20/h4-9,11-12,15H,3,10H2,1-2H3,(H,19,21). The second kappa shape index (κ2) is 7.41. The van der Waals surface area contributed by atoms with Crippen LogP contribution in [0.1, 0.15) is 31.9 Å². The van der Waals surface area contributed by atoms with Crippen molar-refractivity contribution in [1.29, 1.82) is 0 Å². The largest absolute Gasteiger partial charge is 0.349 e. The van der Waals surface area contributed by atoms with Gasteiger partial charge in [0, 0.05) is 6.20 Å². The van der Waals surface area contributed by atoms with E-state index in [9.17, 15) is 4.79 Å². The van der Waals surface area contributed by atoms with Gasteiger partial charge in [0.05, 0.1) is 29.2 Å². The molecule has 2 unspecified atom stereocenters. The Morgan fingerprint density at radius 1 is 1.38 bits per heavy atom. The normalized spacial score (nSPS) is 13.7. The van der Waals surface area contributed by atoms with E-state index in [1.165, 1.54) is 0 Å². The first kappa shape index (κ1) is 15.8. The number of amides is 1. The van der Waals surface area contributed by atoms with Crippen molar-refractivity contribution in [3.8, 4) is 0 Å². The molecule has 112 valence electrons. The first-order chi connectivity index (χ1) is 10.1. The Morgan fingerprint density at radius 3 is 2.67 bits per heavy atom. The molecular weight excluding hydrogens is 330 g/mol. The molecule has 1 aromatic carbocycles. The Labute approximate surface area is 133 Å². The molecule has 0 aliphatic rings. The van der Waals surface area contributed by atoms with Crippen LogP contribution in [-0.2, 0) is 11.3 Å². The average molecular weight is 350 g/mol. The number of aromatic nitrogens is 2. The molecule has 0 spiro atoms. The van der Waals surface area contributed by atoms with Crippen molar-refractivity contribution in [2.45, 2.75) is 32.9 Å². The first-order valence-electron chi connectivity index (χ1n) is 7.13. The minimum Gasteiger partial charge on any atom is -0.349 e. The molecule has 0 saturated heterocycles. The van der Waals surface area contributed by atoms with Crippen LogP contribution in [0.2, 0.25) is 0 Å². The molecule has 1 N–H and O–H groups in total. The van der Waals surface area contributed by atoms with E-state index in [1.807, 2.05) is 43.5 Å². The van der Waals surface area contributed by atoms with E-state index in [-0.39, 0.29) is 17.9 Å². The Kier molecular flexibility index (Phi) is 5.56. The van der Waals surface area contributed by atoms with Crippen LogP contribution in [0.25, 0.3) is 0 Å². The number of hydrogen-bond donors (Lipinski definition) is 1. The van der Waals surface area contributed by atoms with Gasteiger partial charge in [0.25, 0.3) is 0 Å². The third kappa shape index (κ3) is 4.43. The summed E-state index contributed by atoms with van der Waals surface area (Å²) in [6.07, 6.45) is 4.47. The van der Waals surface area contributed by atoms with Crippen LogP contribution in [0, 0.1) is 5.92 Å². The molecule has 21 heavy (non-hydrogen) atoms. The summed E-state index contributed by atoms with van der Waals surface area (Å²) in [7, 11) is 0. The molecule has 1 amide bonds. The van der Waals surface area contributed by atoms with Crippen molar-refractivity contribution in [1.82, 2.24) is 15.1 Å². The van der Waals surface area contributed by atoms with Gasteiger partial charge in [-0.1, -0.05) is 44.2 Å². The predicted octanol–water partition coefficient (Wildman–Crippen LogP) is 3.55. The van der Waals surface area contributed by atoms with E-state index in [0.717, 1.165) is 16.5 Å². The number of nitrogens with one attached hydrogen (secondary N) is 1. The lowest BCUT2D eigenvalue weighted by atomic mass is 10.0. The molecule has 2 aromatic rings. The average Bonchev–Trinajstić information content (AvgIpc) is 2.90. The second-order valence-electron chi connectivity index (χ2n) is 5.16. The van der Waals surface area contributed by atoms with Crippen molar-refractivity contribution >= 4 is 21.8 Å². The summed E-state index contributed by atoms with van der Waals surface area (Å²) in [5.41, 5.74) is 1.14. The summed E-state index contributed by atoms with van der Waals surface area (Å²) in [5.74, 6) is -0.0770. The minimum absolute atomic E-state index is 0.0531. The molecule has 0 bridgehead atoms. The van der Waals surface area contributed by atoms with E-state index in [1.54, 1.807) is 10.9 Å². The maximum atomic E-state index is 12.3. The highest BCUT2D eigenvalue weighted by molar-refractivity contribution is 9.10. The summed E-state index contributed by atoms with van der Waals surface area (Å²) >= 11 is 3.36. The van der Waals surface area contributed by atoms with Crippen molar-refractivity contribution in [2.75, 3.05) is 0 Å². The lowest BCUT2D eigenvalue weighted by Crippen LogP contribution is -2.34. The highest BCUT2D eigenvalue weighted by Gasteiger charge is 2.18. The summed E-state index contributed by atoms with van der Waals surface area (Å²) in [4.78, 5) is 12.3. The first-order valence-corrected chi connectivity index (χ1v) is 7.92. The Bertz CT molecular complexity index is 582. The zero-order chi connectivity index (χ0) is 15.2. The topological polar surface area (TPSA) is 46.9 Å². The molecule has 1 heterocycles. The molecule has 4 nitrogen and oxygen atoms in total. The summed E-state index contributed by atoms with van der Waals surface area (Å²) in [6.45, 7) is 4.57. The van der Waals surface area contributed by atoms with Crippen molar-refractivity contribution in [2.24, 2.45) is 5.92 Å². The third-order valence-electron chi connectivity index (χ3n) is 3.44.